The second-order valence-electron chi connectivity index (χ2n) is 6.77. The molecule has 1 N–H and O–H groups in total. The zero-order valence-corrected chi connectivity index (χ0v) is 16.3. The number of hydrogen-bond donors (Lipinski definition) is 1. The van der Waals surface area contributed by atoms with E-state index >= 15 is 0 Å². The van der Waals surface area contributed by atoms with Crippen molar-refractivity contribution in [1.29, 1.82) is 0 Å². The second kappa shape index (κ2) is 8.53. The predicted molar refractivity (Wildman–Crippen MR) is 101 cm³/mol. The summed E-state index contributed by atoms with van der Waals surface area (Å²) in [5, 5.41) is 15.6. The minimum Gasteiger partial charge on any atom is -0.494 e. The van der Waals surface area contributed by atoms with Gasteiger partial charge in [0.1, 0.15) is 11.4 Å². The van der Waals surface area contributed by atoms with Gasteiger partial charge >= 0.3 is 0 Å². The van der Waals surface area contributed by atoms with Crippen LogP contribution in [0.15, 0.2) is 23.4 Å². The SMILES string of the molecule is COc1ccc(C)cc1-n1nnnc1SCC(=O)N[C@H]1CCCC[C@H]1C. The third-order valence-corrected chi connectivity index (χ3v) is 5.71. The summed E-state index contributed by atoms with van der Waals surface area (Å²) < 4.78 is 7.03. The lowest BCUT2D eigenvalue weighted by Gasteiger charge is -2.29. The minimum absolute atomic E-state index is 0.0273. The van der Waals surface area contributed by atoms with E-state index in [1.165, 1.54) is 31.0 Å². The highest BCUT2D eigenvalue weighted by Gasteiger charge is 2.23. The summed E-state index contributed by atoms with van der Waals surface area (Å²) in [6, 6.07) is 6.10. The molecule has 2 aromatic rings. The van der Waals surface area contributed by atoms with E-state index in [1.807, 2.05) is 25.1 Å². The third-order valence-electron chi connectivity index (χ3n) is 4.79. The molecule has 1 aromatic heterocycles. The van der Waals surface area contributed by atoms with Gasteiger partial charge in [-0.15, -0.1) is 5.10 Å². The van der Waals surface area contributed by atoms with Crippen LogP contribution in [0.3, 0.4) is 0 Å². The Morgan fingerprint density at radius 2 is 2.19 bits per heavy atom. The maximum atomic E-state index is 12.3. The summed E-state index contributed by atoms with van der Waals surface area (Å²) in [4.78, 5) is 12.3. The highest BCUT2D eigenvalue weighted by molar-refractivity contribution is 7.99. The van der Waals surface area contributed by atoms with Crippen molar-refractivity contribution >= 4 is 17.7 Å². The minimum atomic E-state index is 0.0273. The third kappa shape index (κ3) is 4.35. The van der Waals surface area contributed by atoms with Crippen LogP contribution in [0.25, 0.3) is 5.69 Å². The number of thioether (sulfide) groups is 1. The van der Waals surface area contributed by atoms with E-state index in [0.29, 0.717) is 16.8 Å². The standard InChI is InChI=1S/C18H25N5O2S/c1-12-8-9-16(25-3)15(10-12)23-18(20-21-22-23)26-11-17(24)19-14-7-5-4-6-13(14)2/h8-10,13-14H,4-7,11H2,1-3H3,(H,19,24)/t13-,14+/m1/s1. The summed E-state index contributed by atoms with van der Waals surface area (Å²) in [7, 11) is 1.62. The van der Waals surface area contributed by atoms with Crippen LogP contribution in [0.4, 0.5) is 0 Å². The second-order valence-corrected chi connectivity index (χ2v) is 7.72. The molecule has 1 aliphatic rings. The number of methoxy groups -OCH3 is 1. The Morgan fingerprint density at radius 1 is 1.38 bits per heavy atom. The fourth-order valence-corrected chi connectivity index (χ4v) is 3.99. The highest BCUT2D eigenvalue weighted by atomic mass is 32.2. The van der Waals surface area contributed by atoms with Crippen LogP contribution in [0.1, 0.15) is 38.2 Å². The molecule has 3 rings (SSSR count). The van der Waals surface area contributed by atoms with Gasteiger partial charge in [0.05, 0.1) is 12.9 Å². The zero-order valence-electron chi connectivity index (χ0n) is 15.4. The number of rotatable bonds is 6. The van der Waals surface area contributed by atoms with E-state index in [1.54, 1.807) is 11.8 Å². The van der Waals surface area contributed by atoms with Crippen molar-refractivity contribution in [2.75, 3.05) is 12.9 Å². The van der Waals surface area contributed by atoms with E-state index in [9.17, 15) is 4.79 Å². The number of aromatic nitrogens is 4. The summed E-state index contributed by atoms with van der Waals surface area (Å²) in [6.07, 6.45) is 4.70. The number of benzene rings is 1. The molecule has 1 aliphatic carbocycles. The molecule has 140 valence electrons. The molecule has 0 aliphatic heterocycles. The van der Waals surface area contributed by atoms with Crippen molar-refractivity contribution in [2.45, 2.75) is 50.7 Å². The Balaban J connectivity index is 1.66. The largest absolute Gasteiger partial charge is 0.494 e. The summed E-state index contributed by atoms with van der Waals surface area (Å²) >= 11 is 1.33. The van der Waals surface area contributed by atoms with Crippen molar-refractivity contribution in [3.05, 3.63) is 23.8 Å². The highest BCUT2D eigenvalue weighted by Crippen LogP contribution is 2.27. The lowest BCUT2D eigenvalue weighted by atomic mass is 9.86. The number of nitrogens with one attached hydrogen (secondary N) is 1. The van der Waals surface area contributed by atoms with Gasteiger partial charge in [0.15, 0.2) is 0 Å². The van der Waals surface area contributed by atoms with Crippen molar-refractivity contribution in [1.82, 2.24) is 25.5 Å². The molecule has 8 heteroatoms. The fourth-order valence-electron chi connectivity index (χ4n) is 3.29. The average molecular weight is 375 g/mol. The van der Waals surface area contributed by atoms with Crippen LogP contribution in [-0.2, 0) is 4.79 Å². The Kier molecular flexibility index (Phi) is 6.13. The van der Waals surface area contributed by atoms with Crippen molar-refractivity contribution < 1.29 is 9.53 Å². The normalized spacial score (nSPS) is 20.0. The van der Waals surface area contributed by atoms with Gasteiger partial charge in [0.25, 0.3) is 0 Å². The van der Waals surface area contributed by atoms with Gasteiger partial charge in [-0.05, 0) is 53.8 Å². The molecule has 7 nitrogen and oxygen atoms in total. The van der Waals surface area contributed by atoms with Crippen LogP contribution in [-0.4, -0.2) is 45.0 Å². The van der Waals surface area contributed by atoms with E-state index in [2.05, 4.69) is 27.8 Å². The average Bonchev–Trinajstić information content (AvgIpc) is 3.10. The summed E-state index contributed by atoms with van der Waals surface area (Å²) in [5.74, 6) is 1.54. The van der Waals surface area contributed by atoms with Crippen molar-refractivity contribution in [3.63, 3.8) is 0 Å². The van der Waals surface area contributed by atoms with Crippen molar-refractivity contribution in [2.24, 2.45) is 5.92 Å². The van der Waals surface area contributed by atoms with Crippen molar-refractivity contribution in [3.8, 4) is 11.4 Å². The molecule has 0 saturated heterocycles. The molecule has 0 spiro atoms. The number of amides is 1. The maximum absolute atomic E-state index is 12.3. The van der Waals surface area contributed by atoms with Gasteiger partial charge in [-0.25, -0.2) is 0 Å². The van der Waals surface area contributed by atoms with Crippen LogP contribution < -0.4 is 10.1 Å². The first-order chi connectivity index (χ1) is 12.6. The molecule has 0 unspecified atom stereocenters. The molecule has 0 bridgehead atoms. The molecule has 1 heterocycles. The van der Waals surface area contributed by atoms with Gasteiger partial charge in [0.2, 0.25) is 11.1 Å². The maximum Gasteiger partial charge on any atom is 0.230 e. The first kappa shape index (κ1) is 18.7. The lowest BCUT2D eigenvalue weighted by Crippen LogP contribution is -2.41. The van der Waals surface area contributed by atoms with Crippen LogP contribution >= 0.6 is 11.8 Å². The van der Waals surface area contributed by atoms with Gasteiger partial charge in [-0.1, -0.05) is 37.6 Å². The Bertz CT molecular complexity index is 764. The zero-order chi connectivity index (χ0) is 18.5. The number of ether oxygens (including phenoxy) is 1. The molecule has 1 fully saturated rings. The number of carbonyl (C=O) groups excluding carboxylic acids is 1. The Morgan fingerprint density at radius 3 is 2.96 bits per heavy atom. The topological polar surface area (TPSA) is 81.9 Å². The molecule has 1 saturated carbocycles. The Hall–Kier alpha value is -2.09. The molecular formula is C18H25N5O2S. The molecule has 0 radical (unpaired) electrons. The smallest absolute Gasteiger partial charge is 0.230 e. The fraction of sp³-hybridized carbons (Fsp3) is 0.556. The monoisotopic (exact) mass is 375 g/mol. The summed E-state index contributed by atoms with van der Waals surface area (Å²) in [6.45, 7) is 4.21. The van der Waals surface area contributed by atoms with E-state index in [-0.39, 0.29) is 17.7 Å². The van der Waals surface area contributed by atoms with Gasteiger partial charge in [-0.2, -0.15) is 4.68 Å². The van der Waals surface area contributed by atoms with E-state index in [4.69, 9.17) is 4.74 Å². The lowest BCUT2D eigenvalue weighted by molar-refractivity contribution is -0.119. The van der Waals surface area contributed by atoms with Crippen LogP contribution in [0, 0.1) is 12.8 Å². The number of aryl methyl sites for hydroxylation is 1. The van der Waals surface area contributed by atoms with E-state index in [0.717, 1.165) is 17.7 Å². The number of tetrazole rings is 1. The predicted octanol–water partition coefficient (Wildman–Crippen LogP) is 2.77. The van der Waals surface area contributed by atoms with Crippen LogP contribution in [0.5, 0.6) is 5.75 Å². The first-order valence-electron chi connectivity index (χ1n) is 8.94. The molecule has 1 amide bonds. The van der Waals surface area contributed by atoms with Gasteiger partial charge in [0, 0.05) is 6.04 Å². The van der Waals surface area contributed by atoms with Gasteiger partial charge < -0.3 is 10.1 Å². The molecular weight excluding hydrogens is 350 g/mol. The molecule has 26 heavy (non-hydrogen) atoms. The molecule has 2 atom stereocenters. The quantitative estimate of drug-likeness (QED) is 0.782. The van der Waals surface area contributed by atoms with Gasteiger partial charge in [-0.3, -0.25) is 4.79 Å². The summed E-state index contributed by atoms with van der Waals surface area (Å²) in [5.41, 5.74) is 1.84. The van der Waals surface area contributed by atoms with Crippen LogP contribution in [0.2, 0.25) is 0 Å². The Labute approximate surface area is 157 Å². The first-order valence-corrected chi connectivity index (χ1v) is 9.92. The van der Waals surface area contributed by atoms with E-state index < -0.39 is 0 Å². The number of hydrogen-bond acceptors (Lipinski definition) is 6. The number of nitrogens with zero attached hydrogens (tertiary/aromatic N) is 4. The molecule has 1 aromatic carbocycles. The number of carbonyl (C=O) groups is 1.